The van der Waals surface area contributed by atoms with E-state index in [1.54, 1.807) is 6.08 Å². The van der Waals surface area contributed by atoms with E-state index in [0.29, 0.717) is 17.8 Å². The molecule has 0 spiro atoms. The van der Waals surface area contributed by atoms with Crippen LogP contribution in [-0.4, -0.2) is 23.1 Å². The molecular weight excluding hydrogens is 352 g/mol. The Bertz CT molecular complexity index is 624. The minimum absolute atomic E-state index is 0.0997. The topological polar surface area (TPSA) is 52.6 Å². The van der Waals surface area contributed by atoms with Crippen molar-refractivity contribution in [3.8, 4) is 0 Å². The van der Waals surface area contributed by atoms with Crippen LogP contribution >= 0.6 is 0 Å². The number of ether oxygens (including phenoxy) is 2. The van der Waals surface area contributed by atoms with Crippen LogP contribution in [0, 0.1) is 22.7 Å². The molecule has 2 aliphatic rings. The molecule has 2 aliphatic carbocycles. The monoisotopic (exact) mass is 392 g/mol. The number of fused-ring (bicyclic) bond motifs is 1. The highest BCUT2D eigenvalue weighted by Crippen LogP contribution is 2.63. The smallest absolute Gasteiger partial charge is 0.303 e. The molecule has 0 bridgehead atoms. The Morgan fingerprint density at radius 3 is 2.29 bits per heavy atom. The first-order valence-corrected chi connectivity index (χ1v) is 10.8. The second-order valence-electron chi connectivity index (χ2n) is 10.5. The van der Waals surface area contributed by atoms with Crippen molar-refractivity contribution >= 4 is 11.9 Å². The van der Waals surface area contributed by atoms with Crippen LogP contribution in [-0.2, 0) is 19.1 Å². The number of esters is 2. The third kappa shape index (κ3) is 4.46. The fourth-order valence-corrected chi connectivity index (χ4v) is 6.65. The minimum atomic E-state index is -0.698. The molecule has 2 fully saturated rings. The van der Waals surface area contributed by atoms with Gasteiger partial charge in [0.25, 0.3) is 0 Å². The zero-order valence-electron chi connectivity index (χ0n) is 19.0. The molecule has 4 nitrogen and oxygen atoms in total. The van der Waals surface area contributed by atoms with Gasteiger partial charge < -0.3 is 9.47 Å². The summed E-state index contributed by atoms with van der Waals surface area (Å²) in [5.41, 5.74) is -0.789. The van der Waals surface area contributed by atoms with Gasteiger partial charge in [0.05, 0.1) is 0 Å². The Morgan fingerprint density at radius 2 is 1.75 bits per heavy atom. The van der Waals surface area contributed by atoms with Gasteiger partial charge in [-0.15, -0.1) is 0 Å². The van der Waals surface area contributed by atoms with Crippen LogP contribution in [0.5, 0.6) is 0 Å². The summed E-state index contributed by atoms with van der Waals surface area (Å²) in [5, 5.41) is 0. The van der Waals surface area contributed by atoms with Crippen molar-refractivity contribution in [2.45, 2.75) is 105 Å². The van der Waals surface area contributed by atoms with E-state index in [1.807, 2.05) is 6.92 Å². The van der Waals surface area contributed by atoms with Gasteiger partial charge in [0, 0.05) is 19.8 Å². The molecule has 4 heteroatoms. The largest absolute Gasteiger partial charge is 0.459 e. The van der Waals surface area contributed by atoms with Crippen molar-refractivity contribution < 1.29 is 19.1 Å². The van der Waals surface area contributed by atoms with E-state index in [1.165, 1.54) is 26.7 Å². The maximum absolute atomic E-state index is 11.9. The Kier molecular flexibility index (Phi) is 6.43. The van der Waals surface area contributed by atoms with Gasteiger partial charge in [-0.05, 0) is 75.2 Å². The van der Waals surface area contributed by atoms with Crippen molar-refractivity contribution in [2.24, 2.45) is 22.7 Å². The van der Waals surface area contributed by atoms with Gasteiger partial charge in [0.15, 0.2) is 0 Å². The molecule has 0 aromatic heterocycles. The second-order valence-corrected chi connectivity index (χ2v) is 10.5. The second kappa shape index (κ2) is 7.84. The summed E-state index contributed by atoms with van der Waals surface area (Å²) in [5.74, 6) is 0.316. The summed E-state index contributed by atoms with van der Waals surface area (Å²) >= 11 is 0. The van der Waals surface area contributed by atoms with Crippen LogP contribution in [0.2, 0.25) is 0 Å². The summed E-state index contributed by atoms with van der Waals surface area (Å²) in [4.78, 5) is 23.5. The Hall–Kier alpha value is -1.32. The minimum Gasteiger partial charge on any atom is -0.459 e. The molecule has 0 aromatic carbocycles. The first-order chi connectivity index (χ1) is 12.8. The van der Waals surface area contributed by atoms with Gasteiger partial charge in [-0.25, -0.2) is 0 Å². The molecule has 0 heterocycles. The molecule has 0 aromatic rings. The van der Waals surface area contributed by atoms with E-state index >= 15 is 0 Å². The highest BCUT2D eigenvalue weighted by molar-refractivity contribution is 5.67. The molecule has 0 saturated heterocycles. The summed E-state index contributed by atoms with van der Waals surface area (Å²) in [6.45, 7) is 18.1. The number of rotatable bonds is 6. The number of hydrogen-bond acceptors (Lipinski definition) is 4. The van der Waals surface area contributed by atoms with Crippen molar-refractivity contribution in [2.75, 3.05) is 0 Å². The number of hydrogen-bond donors (Lipinski definition) is 0. The summed E-state index contributed by atoms with van der Waals surface area (Å²) in [6.07, 6.45) is 8.83. The summed E-state index contributed by atoms with van der Waals surface area (Å²) in [7, 11) is 0. The lowest BCUT2D eigenvalue weighted by atomic mass is 9.45. The third-order valence-electron chi connectivity index (χ3n) is 7.85. The van der Waals surface area contributed by atoms with Crippen molar-refractivity contribution in [1.29, 1.82) is 0 Å². The normalized spacial score (nSPS) is 36.5. The molecule has 0 N–H and O–H groups in total. The average Bonchev–Trinajstić information content (AvgIpc) is 2.51. The third-order valence-corrected chi connectivity index (χ3v) is 7.85. The van der Waals surface area contributed by atoms with E-state index in [4.69, 9.17) is 9.47 Å². The van der Waals surface area contributed by atoms with Gasteiger partial charge in [0.1, 0.15) is 11.2 Å². The molecule has 0 radical (unpaired) electrons. The van der Waals surface area contributed by atoms with Crippen LogP contribution < -0.4 is 0 Å². The maximum atomic E-state index is 11.9. The SMILES string of the molecule is C=C[C@](C)(CC[C@H]1[C@]2(C)CCCC(C)(C)[C@H]2CC[C@]1(C)OC(C)=O)OC(C)=O. The van der Waals surface area contributed by atoms with Crippen LogP contribution in [0.4, 0.5) is 0 Å². The zero-order valence-corrected chi connectivity index (χ0v) is 19.0. The first-order valence-electron chi connectivity index (χ1n) is 10.8. The van der Waals surface area contributed by atoms with E-state index in [9.17, 15) is 9.59 Å². The fraction of sp³-hybridized carbons (Fsp3) is 0.833. The molecule has 160 valence electrons. The van der Waals surface area contributed by atoms with E-state index in [-0.39, 0.29) is 23.3 Å². The molecule has 0 unspecified atom stereocenters. The molecule has 0 aliphatic heterocycles. The van der Waals surface area contributed by atoms with Crippen LogP contribution in [0.3, 0.4) is 0 Å². The van der Waals surface area contributed by atoms with E-state index in [2.05, 4.69) is 34.3 Å². The van der Waals surface area contributed by atoms with Crippen LogP contribution in [0.1, 0.15) is 93.4 Å². The van der Waals surface area contributed by atoms with Crippen LogP contribution in [0.25, 0.3) is 0 Å². The Balaban J connectivity index is 2.37. The highest BCUT2D eigenvalue weighted by atomic mass is 16.6. The quantitative estimate of drug-likeness (QED) is 0.421. The van der Waals surface area contributed by atoms with Gasteiger partial charge in [-0.2, -0.15) is 0 Å². The summed E-state index contributed by atoms with van der Waals surface area (Å²) in [6, 6.07) is 0. The fourth-order valence-electron chi connectivity index (χ4n) is 6.65. The lowest BCUT2D eigenvalue weighted by molar-refractivity contribution is -0.201. The predicted molar refractivity (Wildman–Crippen MR) is 112 cm³/mol. The molecule has 2 rings (SSSR count). The molecular formula is C24H40O4. The molecule has 2 saturated carbocycles. The van der Waals surface area contributed by atoms with Gasteiger partial charge in [-0.3, -0.25) is 9.59 Å². The standard InChI is InChI=1S/C24H40O4/c1-9-22(6,27-17(2)25)15-11-20-23(7)14-10-13-21(4,5)19(23)12-16-24(20,8)28-18(3)26/h9,19-20H,1,10-16H2,2-8H3/t19-,20+,22-,23-,24+/m1/s1. The van der Waals surface area contributed by atoms with E-state index < -0.39 is 11.2 Å². The Morgan fingerprint density at radius 1 is 1.11 bits per heavy atom. The average molecular weight is 393 g/mol. The highest BCUT2D eigenvalue weighted by Gasteiger charge is 2.59. The van der Waals surface area contributed by atoms with Crippen molar-refractivity contribution in [3.63, 3.8) is 0 Å². The predicted octanol–water partition coefficient (Wildman–Crippen LogP) is 5.84. The molecule has 5 atom stereocenters. The van der Waals surface area contributed by atoms with E-state index in [0.717, 1.165) is 25.7 Å². The first kappa shape index (κ1) is 23.0. The molecule has 28 heavy (non-hydrogen) atoms. The van der Waals surface area contributed by atoms with Crippen LogP contribution in [0.15, 0.2) is 12.7 Å². The lowest BCUT2D eigenvalue weighted by Crippen LogP contribution is -2.59. The number of carbonyl (C=O) groups is 2. The van der Waals surface area contributed by atoms with Gasteiger partial charge in [0.2, 0.25) is 0 Å². The lowest BCUT2D eigenvalue weighted by Gasteiger charge is -2.62. The zero-order chi connectivity index (χ0) is 21.4. The number of carbonyl (C=O) groups excluding carboxylic acids is 2. The van der Waals surface area contributed by atoms with Crippen molar-refractivity contribution in [1.82, 2.24) is 0 Å². The van der Waals surface area contributed by atoms with Crippen molar-refractivity contribution in [3.05, 3.63) is 12.7 Å². The summed E-state index contributed by atoms with van der Waals surface area (Å²) < 4.78 is 11.6. The Labute approximate surface area is 171 Å². The van der Waals surface area contributed by atoms with Gasteiger partial charge in [-0.1, -0.05) is 33.8 Å². The maximum Gasteiger partial charge on any atom is 0.303 e. The van der Waals surface area contributed by atoms with Gasteiger partial charge >= 0.3 is 11.9 Å². The molecule has 0 amide bonds.